The second-order valence-electron chi connectivity index (χ2n) is 6.66. The topological polar surface area (TPSA) is 29.9 Å². The molecule has 0 unspecified atom stereocenters. The van der Waals surface area contributed by atoms with Crippen LogP contribution in [0, 0.1) is 0 Å². The lowest BCUT2D eigenvalue weighted by molar-refractivity contribution is 0.533. The van der Waals surface area contributed by atoms with Crippen LogP contribution in [0.3, 0.4) is 0 Å². The third-order valence-corrected chi connectivity index (χ3v) is 4.25. The van der Waals surface area contributed by atoms with Crippen molar-refractivity contribution >= 4 is 5.69 Å². The molecule has 0 amide bonds. The highest BCUT2D eigenvalue weighted by atomic mass is 15.3. The Morgan fingerprint density at radius 3 is 2.48 bits per heavy atom. The van der Waals surface area contributed by atoms with Gasteiger partial charge in [-0.05, 0) is 30.0 Å². The summed E-state index contributed by atoms with van der Waals surface area (Å²) in [6, 6.07) is 8.72. The van der Waals surface area contributed by atoms with Gasteiger partial charge in [0, 0.05) is 30.5 Å². The van der Waals surface area contributed by atoms with Crippen LogP contribution in [0.4, 0.5) is 5.69 Å². The van der Waals surface area contributed by atoms with E-state index >= 15 is 0 Å². The SMILES string of the molecule is CCCCCCCn1cc(CNc2ccc(C(C)C)cc2)cn1. The fraction of sp³-hybridized carbons (Fsp3) is 0.550. The first-order valence-corrected chi connectivity index (χ1v) is 9.04. The van der Waals surface area contributed by atoms with Gasteiger partial charge in [0.1, 0.15) is 0 Å². The van der Waals surface area contributed by atoms with Crippen molar-refractivity contribution in [2.75, 3.05) is 5.32 Å². The summed E-state index contributed by atoms with van der Waals surface area (Å²) in [5, 5.41) is 7.93. The summed E-state index contributed by atoms with van der Waals surface area (Å²) in [6.45, 7) is 8.56. The Labute approximate surface area is 141 Å². The van der Waals surface area contributed by atoms with Crippen molar-refractivity contribution in [3.05, 3.63) is 47.8 Å². The van der Waals surface area contributed by atoms with Crippen molar-refractivity contribution in [3.63, 3.8) is 0 Å². The number of unbranched alkanes of at least 4 members (excludes halogenated alkanes) is 4. The summed E-state index contributed by atoms with van der Waals surface area (Å²) in [5.74, 6) is 0.583. The monoisotopic (exact) mass is 313 g/mol. The highest BCUT2D eigenvalue weighted by Crippen LogP contribution is 2.17. The molecule has 0 bridgehead atoms. The lowest BCUT2D eigenvalue weighted by Crippen LogP contribution is -2.00. The van der Waals surface area contributed by atoms with Gasteiger partial charge < -0.3 is 5.32 Å². The van der Waals surface area contributed by atoms with Crippen molar-refractivity contribution < 1.29 is 0 Å². The number of hydrogen-bond donors (Lipinski definition) is 1. The molecule has 0 aliphatic heterocycles. The average molecular weight is 313 g/mol. The Kier molecular flexibility index (Phi) is 7.18. The predicted molar refractivity (Wildman–Crippen MR) is 98.8 cm³/mol. The molecule has 0 atom stereocenters. The van der Waals surface area contributed by atoms with Gasteiger partial charge >= 0.3 is 0 Å². The van der Waals surface area contributed by atoms with Crippen LogP contribution in [-0.2, 0) is 13.1 Å². The van der Waals surface area contributed by atoms with Gasteiger partial charge in [0.2, 0.25) is 0 Å². The Balaban J connectivity index is 1.73. The summed E-state index contributed by atoms with van der Waals surface area (Å²) in [5.41, 5.74) is 3.79. The van der Waals surface area contributed by atoms with Crippen LogP contribution in [0.25, 0.3) is 0 Å². The minimum Gasteiger partial charge on any atom is -0.381 e. The molecule has 0 fully saturated rings. The molecule has 2 rings (SSSR count). The molecule has 0 saturated heterocycles. The van der Waals surface area contributed by atoms with Crippen molar-refractivity contribution in [1.82, 2.24) is 9.78 Å². The van der Waals surface area contributed by atoms with E-state index in [1.807, 2.05) is 6.20 Å². The van der Waals surface area contributed by atoms with Crippen LogP contribution < -0.4 is 5.32 Å². The van der Waals surface area contributed by atoms with E-state index in [9.17, 15) is 0 Å². The Morgan fingerprint density at radius 1 is 1.04 bits per heavy atom. The molecular weight excluding hydrogens is 282 g/mol. The van der Waals surface area contributed by atoms with Gasteiger partial charge in [-0.25, -0.2) is 0 Å². The molecule has 0 aliphatic carbocycles. The van der Waals surface area contributed by atoms with Crippen LogP contribution in [0.5, 0.6) is 0 Å². The number of nitrogens with one attached hydrogen (secondary N) is 1. The van der Waals surface area contributed by atoms with Crippen LogP contribution in [0.15, 0.2) is 36.7 Å². The van der Waals surface area contributed by atoms with E-state index in [2.05, 4.69) is 66.3 Å². The van der Waals surface area contributed by atoms with Crippen LogP contribution in [0.1, 0.15) is 69.9 Å². The number of nitrogens with zero attached hydrogens (tertiary/aromatic N) is 2. The lowest BCUT2D eigenvalue weighted by atomic mass is 10.0. The number of anilines is 1. The highest BCUT2D eigenvalue weighted by Gasteiger charge is 2.01. The maximum Gasteiger partial charge on any atom is 0.0539 e. The molecule has 2 aromatic rings. The second kappa shape index (κ2) is 9.39. The summed E-state index contributed by atoms with van der Waals surface area (Å²) < 4.78 is 2.07. The van der Waals surface area contributed by atoms with Gasteiger partial charge in [0.15, 0.2) is 0 Å². The zero-order chi connectivity index (χ0) is 16.5. The molecule has 1 heterocycles. The Hall–Kier alpha value is -1.77. The molecule has 1 aromatic heterocycles. The zero-order valence-corrected chi connectivity index (χ0v) is 14.9. The van der Waals surface area contributed by atoms with E-state index in [-0.39, 0.29) is 0 Å². The van der Waals surface area contributed by atoms with E-state index in [4.69, 9.17) is 0 Å². The van der Waals surface area contributed by atoms with Gasteiger partial charge in [0.25, 0.3) is 0 Å². The minimum absolute atomic E-state index is 0.583. The molecule has 0 saturated carbocycles. The van der Waals surface area contributed by atoms with E-state index in [0.717, 1.165) is 13.1 Å². The third kappa shape index (κ3) is 6.09. The quantitative estimate of drug-likeness (QED) is 0.579. The molecular formula is C20H31N3. The summed E-state index contributed by atoms with van der Waals surface area (Å²) in [4.78, 5) is 0. The zero-order valence-electron chi connectivity index (χ0n) is 14.9. The molecule has 0 aliphatic rings. The van der Waals surface area contributed by atoms with E-state index in [0.29, 0.717) is 5.92 Å². The van der Waals surface area contributed by atoms with Crippen LogP contribution in [0.2, 0.25) is 0 Å². The van der Waals surface area contributed by atoms with Crippen molar-refractivity contribution in [3.8, 4) is 0 Å². The normalized spacial score (nSPS) is 11.1. The van der Waals surface area contributed by atoms with Crippen LogP contribution >= 0.6 is 0 Å². The highest BCUT2D eigenvalue weighted by molar-refractivity contribution is 5.45. The van der Waals surface area contributed by atoms with Gasteiger partial charge in [-0.3, -0.25) is 4.68 Å². The number of hydrogen-bond acceptors (Lipinski definition) is 2. The first-order valence-electron chi connectivity index (χ1n) is 9.04. The molecule has 0 spiro atoms. The molecule has 3 heteroatoms. The summed E-state index contributed by atoms with van der Waals surface area (Å²) in [6.07, 6.45) is 10.7. The average Bonchev–Trinajstić information content (AvgIpc) is 3.01. The third-order valence-electron chi connectivity index (χ3n) is 4.25. The number of rotatable bonds is 10. The van der Waals surface area contributed by atoms with Gasteiger partial charge in [-0.1, -0.05) is 58.6 Å². The molecule has 0 radical (unpaired) electrons. The standard InChI is InChI=1S/C20H31N3/c1-4-5-6-7-8-13-23-16-18(15-22-23)14-21-20-11-9-19(10-12-20)17(2)3/h9-12,15-17,21H,4-8,13-14H2,1-3H3. The van der Waals surface area contributed by atoms with Gasteiger partial charge in [0.05, 0.1) is 6.20 Å². The van der Waals surface area contributed by atoms with Crippen LogP contribution in [-0.4, -0.2) is 9.78 Å². The largest absolute Gasteiger partial charge is 0.381 e. The Bertz CT molecular complexity index is 555. The fourth-order valence-corrected chi connectivity index (χ4v) is 2.69. The van der Waals surface area contributed by atoms with Crippen molar-refractivity contribution in [2.24, 2.45) is 0 Å². The molecule has 126 valence electrons. The lowest BCUT2D eigenvalue weighted by Gasteiger charge is -2.08. The van der Waals surface area contributed by atoms with E-state index in [1.165, 1.54) is 48.9 Å². The predicted octanol–water partition coefficient (Wildman–Crippen LogP) is 5.59. The minimum atomic E-state index is 0.583. The van der Waals surface area contributed by atoms with E-state index in [1.54, 1.807) is 0 Å². The fourth-order valence-electron chi connectivity index (χ4n) is 2.69. The second-order valence-corrected chi connectivity index (χ2v) is 6.66. The number of benzene rings is 1. The maximum absolute atomic E-state index is 4.46. The number of aromatic nitrogens is 2. The maximum atomic E-state index is 4.46. The molecule has 1 N–H and O–H groups in total. The molecule has 1 aromatic carbocycles. The van der Waals surface area contributed by atoms with Crippen molar-refractivity contribution in [2.45, 2.75) is 71.9 Å². The van der Waals surface area contributed by atoms with Gasteiger partial charge in [-0.2, -0.15) is 5.10 Å². The molecule has 3 nitrogen and oxygen atoms in total. The Morgan fingerprint density at radius 2 is 1.78 bits per heavy atom. The van der Waals surface area contributed by atoms with Gasteiger partial charge in [-0.15, -0.1) is 0 Å². The first kappa shape index (κ1) is 17.6. The first-order chi connectivity index (χ1) is 11.2. The summed E-state index contributed by atoms with van der Waals surface area (Å²) >= 11 is 0. The summed E-state index contributed by atoms with van der Waals surface area (Å²) in [7, 11) is 0. The smallest absolute Gasteiger partial charge is 0.0539 e. The molecule has 23 heavy (non-hydrogen) atoms. The van der Waals surface area contributed by atoms with Crippen molar-refractivity contribution in [1.29, 1.82) is 0 Å². The number of aryl methyl sites for hydroxylation is 1. The van der Waals surface area contributed by atoms with E-state index < -0.39 is 0 Å².